The lowest BCUT2D eigenvalue weighted by Crippen LogP contribution is -2.18. The van der Waals surface area contributed by atoms with Crippen molar-refractivity contribution in [2.75, 3.05) is 24.7 Å². The second-order valence-corrected chi connectivity index (χ2v) is 6.81. The first-order valence-corrected chi connectivity index (χ1v) is 8.63. The van der Waals surface area contributed by atoms with Crippen LogP contribution in [0.1, 0.15) is 25.8 Å². The van der Waals surface area contributed by atoms with Gasteiger partial charge in [0.15, 0.2) is 21.4 Å². The van der Waals surface area contributed by atoms with Crippen molar-refractivity contribution < 1.29 is 17.5 Å². The van der Waals surface area contributed by atoms with Gasteiger partial charge in [0.1, 0.15) is 6.61 Å². The highest BCUT2D eigenvalue weighted by atomic mass is 32.2. The van der Waals surface area contributed by atoms with Gasteiger partial charge in [0, 0.05) is 12.1 Å². The van der Waals surface area contributed by atoms with Gasteiger partial charge in [-0.3, -0.25) is 0 Å². The molecular weight excluding hydrogens is 281 g/mol. The third-order valence-electron chi connectivity index (χ3n) is 2.77. The minimum absolute atomic E-state index is 0.0254. The molecule has 0 aromatic heterocycles. The maximum atomic E-state index is 13.7. The number of hydrogen-bond donors (Lipinski definition) is 1. The molecule has 0 aliphatic heterocycles. The van der Waals surface area contributed by atoms with Crippen LogP contribution in [0.5, 0.6) is 5.75 Å². The van der Waals surface area contributed by atoms with Crippen molar-refractivity contribution in [2.45, 2.75) is 26.8 Å². The van der Waals surface area contributed by atoms with Crippen LogP contribution in [0.2, 0.25) is 0 Å². The second-order valence-electron chi connectivity index (χ2n) is 4.51. The molecule has 1 aromatic rings. The zero-order valence-electron chi connectivity index (χ0n) is 12.0. The van der Waals surface area contributed by atoms with Crippen molar-refractivity contribution in [3.63, 3.8) is 0 Å². The minimum atomic E-state index is -3.11. The largest absolute Gasteiger partial charge is 0.489 e. The SMILES string of the molecule is CCCS(=O)(=O)CCOc1c(F)cccc1CNCC. The number of sulfone groups is 1. The zero-order valence-corrected chi connectivity index (χ0v) is 12.8. The Bertz CT molecular complexity index is 517. The van der Waals surface area contributed by atoms with Gasteiger partial charge in [-0.05, 0) is 19.0 Å². The summed E-state index contributed by atoms with van der Waals surface area (Å²) < 4.78 is 42.2. The number of ether oxygens (including phenoxy) is 1. The smallest absolute Gasteiger partial charge is 0.165 e. The summed E-state index contributed by atoms with van der Waals surface area (Å²) in [4.78, 5) is 0. The van der Waals surface area contributed by atoms with E-state index in [1.807, 2.05) is 13.8 Å². The maximum Gasteiger partial charge on any atom is 0.165 e. The second kappa shape index (κ2) is 8.21. The van der Waals surface area contributed by atoms with E-state index in [2.05, 4.69) is 5.32 Å². The van der Waals surface area contributed by atoms with Crippen LogP contribution in [0.25, 0.3) is 0 Å². The molecule has 114 valence electrons. The predicted octanol–water partition coefficient (Wildman–Crippen LogP) is 2.14. The van der Waals surface area contributed by atoms with Gasteiger partial charge in [-0.15, -0.1) is 0 Å². The van der Waals surface area contributed by atoms with Gasteiger partial charge in [0.05, 0.1) is 11.5 Å². The quantitative estimate of drug-likeness (QED) is 0.759. The van der Waals surface area contributed by atoms with Crippen molar-refractivity contribution in [1.29, 1.82) is 0 Å². The highest BCUT2D eigenvalue weighted by molar-refractivity contribution is 7.91. The molecule has 0 atom stereocenters. The number of hydrogen-bond acceptors (Lipinski definition) is 4. The molecule has 6 heteroatoms. The van der Waals surface area contributed by atoms with Gasteiger partial charge in [-0.2, -0.15) is 0 Å². The molecule has 1 rings (SSSR count). The Labute approximate surface area is 120 Å². The molecule has 0 fully saturated rings. The Kier molecular flexibility index (Phi) is 6.95. The molecule has 1 aromatic carbocycles. The van der Waals surface area contributed by atoms with Crippen molar-refractivity contribution >= 4 is 9.84 Å². The lowest BCUT2D eigenvalue weighted by molar-refractivity contribution is 0.317. The summed E-state index contributed by atoms with van der Waals surface area (Å²) >= 11 is 0. The van der Waals surface area contributed by atoms with Crippen LogP contribution in [0.3, 0.4) is 0 Å². The zero-order chi connectivity index (χ0) is 15.0. The van der Waals surface area contributed by atoms with Gasteiger partial charge in [-0.25, -0.2) is 12.8 Å². The van der Waals surface area contributed by atoms with E-state index >= 15 is 0 Å². The number of halogens is 1. The summed E-state index contributed by atoms with van der Waals surface area (Å²) in [5.74, 6) is -0.276. The number of nitrogens with one attached hydrogen (secondary N) is 1. The van der Waals surface area contributed by atoms with Gasteiger partial charge in [-0.1, -0.05) is 26.0 Å². The van der Waals surface area contributed by atoms with Crippen molar-refractivity contribution in [2.24, 2.45) is 0 Å². The van der Waals surface area contributed by atoms with Crippen LogP contribution in [-0.2, 0) is 16.4 Å². The van der Waals surface area contributed by atoms with E-state index in [-0.39, 0.29) is 23.9 Å². The lowest BCUT2D eigenvalue weighted by atomic mass is 10.2. The summed E-state index contributed by atoms with van der Waals surface area (Å²) in [6.07, 6.45) is 0.577. The van der Waals surface area contributed by atoms with Crippen LogP contribution < -0.4 is 10.1 Å². The standard InChI is InChI=1S/C14H22FNO3S/c1-3-9-20(17,18)10-8-19-14-12(11-16-4-2)6-5-7-13(14)15/h5-7,16H,3-4,8-11H2,1-2H3. The highest BCUT2D eigenvalue weighted by Gasteiger charge is 2.13. The molecule has 0 unspecified atom stereocenters. The molecule has 0 radical (unpaired) electrons. The first-order valence-electron chi connectivity index (χ1n) is 6.81. The summed E-state index contributed by atoms with van der Waals surface area (Å²) in [5, 5.41) is 3.09. The van der Waals surface area contributed by atoms with E-state index in [4.69, 9.17) is 4.74 Å². The van der Waals surface area contributed by atoms with Crippen LogP contribution >= 0.6 is 0 Å². The van der Waals surface area contributed by atoms with E-state index in [1.54, 1.807) is 12.1 Å². The molecule has 0 saturated heterocycles. The van der Waals surface area contributed by atoms with E-state index in [1.165, 1.54) is 6.07 Å². The van der Waals surface area contributed by atoms with E-state index in [0.717, 1.165) is 6.54 Å². The molecule has 0 spiro atoms. The summed E-state index contributed by atoms with van der Waals surface area (Å²) in [6, 6.07) is 4.69. The molecule has 0 aliphatic carbocycles. The van der Waals surface area contributed by atoms with Crippen molar-refractivity contribution in [3.8, 4) is 5.75 Å². The molecule has 0 bridgehead atoms. The van der Waals surface area contributed by atoms with Crippen molar-refractivity contribution in [1.82, 2.24) is 5.32 Å². The molecule has 0 aliphatic rings. The third-order valence-corrected chi connectivity index (χ3v) is 4.59. The van der Waals surface area contributed by atoms with E-state index < -0.39 is 15.7 Å². The fourth-order valence-corrected chi connectivity index (χ4v) is 2.96. The number of rotatable bonds is 9. The molecular formula is C14H22FNO3S. The Hall–Kier alpha value is -1.14. The van der Waals surface area contributed by atoms with Gasteiger partial charge in [0.2, 0.25) is 0 Å². The summed E-state index contributed by atoms with van der Waals surface area (Å²) in [7, 11) is -3.11. The Morgan fingerprint density at radius 2 is 2.00 bits per heavy atom. The maximum absolute atomic E-state index is 13.7. The van der Waals surface area contributed by atoms with E-state index in [0.29, 0.717) is 18.5 Å². The summed E-state index contributed by atoms with van der Waals surface area (Å²) in [5.41, 5.74) is 0.694. The van der Waals surface area contributed by atoms with Gasteiger partial charge in [0.25, 0.3) is 0 Å². The molecule has 20 heavy (non-hydrogen) atoms. The number of benzene rings is 1. The normalized spacial score (nSPS) is 11.6. The monoisotopic (exact) mass is 303 g/mol. The number of para-hydroxylation sites is 1. The molecule has 0 heterocycles. The van der Waals surface area contributed by atoms with Crippen LogP contribution in [0.4, 0.5) is 4.39 Å². The lowest BCUT2D eigenvalue weighted by Gasteiger charge is -2.12. The Morgan fingerprint density at radius 1 is 1.25 bits per heavy atom. The van der Waals surface area contributed by atoms with E-state index in [9.17, 15) is 12.8 Å². The molecule has 4 nitrogen and oxygen atoms in total. The van der Waals surface area contributed by atoms with Crippen LogP contribution in [0.15, 0.2) is 18.2 Å². The average molecular weight is 303 g/mol. The molecule has 0 amide bonds. The fourth-order valence-electron chi connectivity index (χ4n) is 1.80. The molecule has 0 saturated carbocycles. The first-order chi connectivity index (χ1) is 9.50. The summed E-state index contributed by atoms with van der Waals surface area (Å²) in [6.45, 7) is 5.00. The highest BCUT2D eigenvalue weighted by Crippen LogP contribution is 2.22. The van der Waals surface area contributed by atoms with Gasteiger partial charge < -0.3 is 10.1 Å². The van der Waals surface area contributed by atoms with Crippen molar-refractivity contribution in [3.05, 3.63) is 29.6 Å². The minimum Gasteiger partial charge on any atom is -0.489 e. The Balaban J connectivity index is 2.67. The average Bonchev–Trinajstić information content (AvgIpc) is 2.38. The molecule has 1 N–H and O–H groups in total. The van der Waals surface area contributed by atoms with Gasteiger partial charge >= 0.3 is 0 Å². The topological polar surface area (TPSA) is 55.4 Å². The Morgan fingerprint density at radius 3 is 2.65 bits per heavy atom. The predicted molar refractivity (Wildman–Crippen MR) is 78.2 cm³/mol. The van der Waals surface area contributed by atoms with Crippen LogP contribution in [0, 0.1) is 5.82 Å². The first kappa shape index (κ1) is 16.9. The fraction of sp³-hybridized carbons (Fsp3) is 0.571. The van der Waals surface area contributed by atoms with Crippen LogP contribution in [-0.4, -0.2) is 33.1 Å². The third kappa shape index (κ3) is 5.46.